The van der Waals surface area contributed by atoms with Crippen LogP contribution in [0.5, 0.6) is 11.5 Å². The third kappa shape index (κ3) is 6.21. The number of nitrogens with zero attached hydrogens (tertiary/aromatic N) is 1. The lowest BCUT2D eigenvalue weighted by Gasteiger charge is -2.30. The number of para-hydroxylation sites is 1. The summed E-state index contributed by atoms with van der Waals surface area (Å²) in [6, 6.07) is 14.1. The van der Waals surface area contributed by atoms with Gasteiger partial charge in [-0.25, -0.2) is 13.1 Å². The molecule has 0 radical (unpaired) electrons. The molecular formula is C20H27ClN2O3S. The maximum atomic E-state index is 12.5. The molecule has 0 unspecified atom stereocenters. The average Bonchev–Trinajstić information content (AvgIpc) is 2.60. The van der Waals surface area contributed by atoms with E-state index in [1.807, 2.05) is 12.1 Å². The molecule has 0 aliphatic heterocycles. The molecule has 0 aliphatic carbocycles. The molecule has 0 saturated carbocycles. The predicted octanol–water partition coefficient (Wildman–Crippen LogP) is 4.53. The van der Waals surface area contributed by atoms with Crippen LogP contribution < -0.4 is 9.46 Å². The van der Waals surface area contributed by atoms with E-state index in [2.05, 4.69) is 37.3 Å². The van der Waals surface area contributed by atoms with E-state index in [9.17, 15) is 8.42 Å². The molecule has 0 fully saturated rings. The summed E-state index contributed by atoms with van der Waals surface area (Å²) < 4.78 is 33.3. The first-order chi connectivity index (χ1) is 12.7. The Bertz CT molecular complexity index is 829. The molecule has 2 rings (SSSR count). The first-order valence-corrected chi connectivity index (χ1v) is 10.8. The van der Waals surface area contributed by atoms with E-state index in [4.69, 9.17) is 16.3 Å². The topological polar surface area (TPSA) is 58.6 Å². The van der Waals surface area contributed by atoms with Crippen LogP contribution in [0, 0.1) is 0 Å². The largest absolute Gasteiger partial charge is 0.456 e. The van der Waals surface area contributed by atoms with Crippen LogP contribution in [0.15, 0.2) is 53.4 Å². The highest BCUT2D eigenvalue weighted by molar-refractivity contribution is 7.89. The lowest BCUT2D eigenvalue weighted by atomic mass is 10.2. The third-order valence-electron chi connectivity index (χ3n) is 4.19. The van der Waals surface area contributed by atoms with Crippen LogP contribution in [0.4, 0.5) is 0 Å². The fourth-order valence-electron chi connectivity index (χ4n) is 2.85. The Morgan fingerprint density at radius 2 is 1.59 bits per heavy atom. The summed E-state index contributed by atoms with van der Waals surface area (Å²) in [5.74, 6) is 1.04. The van der Waals surface area contributed by atoms with E-state index < -0.39 is 10.0 Å². The second kappa shape index (κ2) is 9.55. The molecule has 1 N–H and O–H groups in total. The maximum absolute atomic E-state index is 12.5. The molecule has 0 bridgehead atoms. The molecule has 2 aromatic rings. The monoisotopic (exact) mass is 410 g/mol. The van der Waals surface area contributed by atoms with E-state index in [1.54, 1.807) is 24.3 Å². The Kier molecular flexibility index (Phi) is 7.68. The Morgan fingerprint density at radius 1 is 1.00 bits per heavy atom. The molecule has 148 valence electrons. The van der Waals surface area contributed by atoms with E-state index in [0.29, 0.717) is 41.7 Å². The standard InChI is InChI=1S/C20H27ClN2O3S/c1-15(2)23(16(3)4)14-13-22-27(24,25)18-11-9-17(10-12-18)26-20-8-6-5-7-19(20)21/h5-12,15-16,22H,13-14H2,1-4H3. The normalized spacial score (nSPS) is 12.1. The minimum atomic E-state index is -3.56. The van der Waals surface area contributed by atoms with Crippen LogP contribution in [0.3, 0.4) is 0 Å². The lowest BCUT2D eigenvalue weighted by Crippen LogP contribution is -2.42. The van der Waals surface area contributed by atoms with E-state index in [1.165, 1.54) is 12.1 Å². The van der Waals surface area contributed by atoms with Crippen molar-refractivity contribution >= 4 is 21.6 Å². The Balaban J connectivity index is 1.99. The maximum Gasteiger partial charge on any atom is 0.240 e. The smallest absolute Gasteiger partial charge is 0.240 e. The van der Waals surface area contributed by atoms with Crippen molar-refractivity contribution in [3.05, 3.63) is 53.6 Å². The van der Waals surface area contributed by atoms with Crippen LogP contribution in [0.25, 0.3) is 0 Å². The summed E-state index contributed by atoms with van der Waals surface area (Å²) in [7, 11) is -3.56. The highest BCUT2D eigenvalue weighted by Crippen LogP contribution is 2.29. The lowest BCUT2D eigenvalue weighted by molar-refractivity contribution is 0.179. The zero-order chi connectivity index (χ0) is 20.0. The Labute approximate surface area is 167 Å². The summed E-state index contributed by atoms with van der Waals surface area (Å²) in [5, 5.41) is 0.496. The SMILES string of the molecule is CC(C)N(CCNS(=O)(=O)c1ccc(Oc2ccccc2Cl)cc1)C(C)C. The van der Waals surface area contributed by atoms with Gasteiger partial charge in [0.2, 0.25) is 10.0 Å². The summed E-state index contributed by atoms with van der Waals surface area (Å²) in [6.07, 6.45) is 0. The molecule has 27 heavy (non-hydrogen) atoms. The number of nitrogens with one attached hydrogen (secondary N) is 1. The molecule has 0 aromatic heterocycles. The molecule has 5 nitrogen and oxygen atoms in total. The zero-order valence-corrected chi connectivity index (χ0v) is 17.7. The molecular weight excluding hydrogens is 384 g/mol. The molecule has 0 amide bonds. The number of rotatable bonds is 9. The quantitative estimate of drug-likeness (QED) is 0.659. The van der Waals surface area contributed by atoms with Crippen LogP contribution in [-0.4, -0.2) is 38.5 Å². The first-order valence-electron chi connectivity index (χ1n) is 8.98. The van der Waals surface area contributed by atoms with Crippen molar-refractivity contribution in [2.75, 3.05) is 13.1 Å². The molecule has 0 atom stereocenters. The fraction of sp³-hybridized carbons (Fsp3) is 0.400. The van der Waals surface area contributed by atoms with Crippen LogP contribution in [0.2, 0.25) is 5.02 Å². The number of ether oxygens (including phenoxy) is 1. The number of benzene rings is 2. The van der Waals surface area contributed by atoms with Gasteiger partial charge in [0.15, 0.2) is 0 Å². The minimum absolute atomic E-state index is 0.203. The van der Waals surface area contributed by atoms with Gasteiger partial charge in [-0.05, 0) is 64.1 Å². The summed E-state index contributed by atoms with van der Waals surface area (Å²) in [4.78, 5) is 2.44. The van der Waals surface area contributed by atoms with Crippen molar-refractivity contribution in [1.82, 2.24) is 9.62 Å². The number of halogens is 1. The average molecular weight is 411 g/mol. The second-order valence-corrected chi connectivity index (χ2v) is 9.00. The Morgan fingerprint density at radius 3 is 2.15 bits per heavy atom. The van der Waals surface area contributed by atoms with Crippen molar-refractivity contribution < 1.29 is 13.2 Å². The molecule has 0 heterocycles. The van der Waals surface area contributed by atoms with Gasteiger partial charge < -0.3 is 4.74 Å². The van der Waals surface area contributed by atoms with Gasteiger partial charge in [0.05, 0.1) is 9.92 Å². The number of hydrogen-bond acceptors (Lipinski definition) is 4. The van der Waals surface area contributed by atoms with Crippen molar-refractivity contribution in [3.63, 3.8) is 0 Å². The van der Waals surface area contributed by atoms with Crippen LogP contribution >= 0.6 is 11.6 Å². The van der Waals surface area contributed by atoms with Gasteiger partial charge in [-0.1, -0.05) is 23.7 Å². The summed E-state index contributed by atoms with van der Waals surface area (Å²) in [5.41, 5.74) is 0. The Hall–Kier alpha value is -1.60. The van der Waals surface area contributed by atoms with E-state index in [-0.39, 0.29) is 4.90 Å². The van der Waals surface area contributed by atoms with Gasteiger partial charge >= 0.3 is 0 Å². The molecule has 0 spiro atoms. The highest BCUT2D eigenvalue weighted by atomic mass is 35.5. The van der Waals surface area contributed by atoms with E-state index >= 15 is 0 Å². The van der Waals surface area contributed by atoms with Crippen LogP contribution in [-0.2, 0) is 10.0 Å². The van der Waals surface area contributed by atoms with Gasteiger partial charge in [-0.2, -0.15) is 0 Å². The number of sulfonamides is 1. The molecule has 2 aromatic carbocycles. The second-order valence-electron chi connectivity index (χ2n) is 6.83. The predicted molar refractivity (Wildman–Crippen MR) is 110 cm³/mol. The van der Waals surface area contributed by atoms with Crippen LogP contribution in [0.1, 0.15) is 27.7 Å². The van der Waals surface area contributed by atoms with E-state index in [0.717, 1.165) is 0 Å². The summed E-state index contributed by atoms with van der Waals surface area (Å²) >= 11 is 6.07. The van der Waals surface area contributed by atoms with Crippen molar-refractivity contribution in [2.45, 2.75) is 44.7 Å². The number of hydrogen-bond donors (Lipinski definition) is 1. The third-order valence-corrected chi connectivity index (χ3v) is 5.98. The molecule has 0 aliphatic rings. The first kappa shape index (κ1) is 21.7. The molecule has 7 heteroatoms. The minimum Gasteiger partial charge on any atom is -0.456 e. The zero-order valence-electron chi connectivity index (χ0n) is 16.1. The van der Waals surface area contributed by atoms with Crippen molar-refractivity contribution in [3.8, 4) is 11.5 Å². The van der Waals surface area contributed by atoms with Gasteiger partial charge in [-0.15, -0.1) is 0 Å². The van der Waals surface area contributed by atoms with Gasteiger partial charge in [0.1, 0.15) is 11.5 Å². The van der Waals surface area contributed by atoms with Gasteiger partial charge in [0.25, 0.3) is 0 Å². The van der Waals surface area contributed by atoms with Crippen molar-refractivity contribution in [1.29, 1.82) is 0 Å². The van der Waals surface area contributed by atoms with Gasteiger partial charge in [0, 0.05) is 25.2 Å². The van der Waals surface area contributed by atoms with Gasteiger partial charge in [-0.3, -0.25) is 4.90 Å². The summed E-state index contributed by atoms with van der Waals surface area (Å²) in [6.45, 7) is 9.43. The highest BCUT2D eigenvalue weighted by Gasteiger charge is 2.17. The van der Waals surface area contributed by atoms with Crippen molar-refractivity contribution in [2.24, 2.45) is 0 Å². The molecule has 0 saturated heterocycles. The fourth-order valence-corrected chi connectivity index (χ4v) is 4.04.